The molecule has 0 bridgehead atoms. The first-order valence-electron chi connectivity index (χ1n) is 7.85. The number of nitrogens with one attached hydrogen (secondary N) is 2. The molecule has 2 heterocycles. The van der Waals surface area contributed by atoms with Crippen LogP contribution in [0, 0.1) is 0 Å². The first-order valence-corrected chi connectivity index (χ1v) is 7.85. The molecule has 1 unspecified atom stereocenters. The number of amides is 2. The van der Waals surface area contributed by atoms with Crippen molar-refractivity contribution < 1.29 is 14.0 Å². The highest BCUT2D eigenvalue weighted by Gasteiger charge is 2.17. The summed E-state index contributed by atoms with van der Waals surface area (Å²) in [5, 5.41) is 5.33. The first-order chi connectivity index (χ1) is 11.6. The second kappa shape index (κ2) is 8.71. The lowest BCUT2D eigenvalue weighted by molar-refractivity contribution is -0.122. The van der Waals surface area contributed by atoms with Gasteiger partial charge in [-0.1, -0.05) is 6.07 Å². The predicted octanol–water partition coefficient (Wildman–Crippen LogP) is 1.16. The highest BCUT2D eigenvalue weighted by molar-refractivity contribution is 5.95. The topological polar surface area (TPSA) is 93.3 Å². The third-order valence-electron chi connectivity index (χ3n) is 3.51. The molecular weight excluding hydrogens is 310 g/mol. The molecule has 0 fully saturated rings. The highest BCUT2D eigenvalue weighted by Crippen LogP contribution is 2.00. The van der Waals surface area contributed by atoms with Gasteiger partial charge in [0.15, 0.2) is 5.76 Å². The lowest BCUT2D eigenvalue weighted by Gasteiger charge is -2.13. The SMILES string of the molecule is CC(NC(=O)c1ccco1)C(=O)NCCCCn1ccccc1=O. The minimum Gasteiger partial charge on any atom is -0.459 e. The van der Waals surface area contributed by atoms with Crippen molar-refractivity contribution in [3.63, 3.8) is 0 Å². The maximum absolute atomic E-state index is 11.9. The number of hydrogen-bond acceptors (Lipinski definition) is 4. The van der Waals surface area contributed by atoms with E-state index in [4.69, 9.17) is 4.42 Å². The van der Waals surface area contributed by atoms with Gasteiger partial charge < -0.3 is 19.6 Å². The molecule has 0 spiro atoms. The summed E-state index contributed by atoms with van der Waals surface area (Å²) in [5.41, 5.74) is -0.0317. The van der Waals surface area contributed by atoms with E-state index < -0.39 is 11.9 Å². The van der Waals surface area contributed by atoms with E-state index in [1.807, 2.05) is 6.07 Å². The molecule has 1 atom stereocenters. The van der Waals surface area contributed by atoms with Gasteiger partial charge in [0.2, 0.25) is 11.5 Å². The summed E-state index contributed by atoms with van der Waals surface area (Å²) in [5.74, 6) is -0.513. The molecule has 128 valence electrons. The maximum Gasteiger partial charge on any atom is 0.287 e. The van der Waals surface area contributed by atoms with Gasteiger partial charge in [0.1, 0.15) is 6.04 Å². The van der Waals surface area contributed by atoms with Crippen molar-refractivity contribution in [2.24, 2.45) is 0 Å². The molecule has 24 heavy (non-hydrogen) atoms. The second-order valence-electron chi connectivity index (χ2n) is 5.40. The Labute approximate surface area is 139 Å². The van der Waals surface area contributed by atoms with E-state index in [0.717, 1.165) is 12.8 Å². The fraction of sp³-hybridized carbons (Fsp3) is 0.353. The Balaban J connectivity index is 1.65. The van der Waals surface area contributed by atoms with Gasteiger partial charge in [-0.15, -0.1) is 0 Å². The first kappa shape index (κ1) is 17.5. The molecule has 0 aromatic carbocycles. The van der Waals surface area contributed by atoms with Crippen molar-refractivity contribution >= 4 is 11.8 Å². The molecule has 2 N–H and O–H groups in total. The van der Waals surface area contributed by atoms with Crippen LogP contribution in [0.3, 0.4) is 0 Å². The van der Waals surface area contributed by atoms with Gasteiger partial charge in [0, 0.05) is 25.4 Å². The smallest absolute Gasteiger partial charge is 0.287 e. The highest BCUT2D eigenvalue weighted by atomic mass is 16.3. The van der Waals surface area contributed by atoms with E-state index >= 15 is 0 Å². The largest absolute Gasteiger partial charge is 0.459 e. The maximum atomic E-state index is 11.9. The lowest BCUT2D eigenvalue weighted by atomic mass is 10.2. The van der Waals surface area contributed by atoms with E-state index in [1.54, 1.807) is 29.8 Å². The monoisotopic (exact) mass is 331 g/mol. The third-order valence-corrected chi connectivity index (χ3v) is 3.51. The number of hydrogen-bond donors (Lipinski definition) is 2. The number of aryl methyl sites for hydroxylation is 1. The molecule has 0 saturated carbocycles. The molecule has 0 radical (unpaired) electrons. The van der Waals surface area contributed by atoms with Crippen molar-refractivity contribution in [1.29, 1.82) is 0 Å². The van der Waals surface area contributed by atoms with Gasteiger partial charge in [0.25, 0.3) is 5.91 Å². The van der Waals surface area contributed by atoms with Gasteiger partial charge in [-0.05, 0) is 38.0 Å². The summed E-state index contributed by atoms with van der Waals surface area (Å²) >= 11 is 0. The van der Waals surface area contributed by atoms with Crippen LogP contribution in [0.2, 0.25) is 0 Å². The van der Waals surface area contributed by atoms with Gasteiger partial charge in [-0.25, -0.2) is 0 Å². The van der Waals surface area contributed by atoms with Crippen molar-refractivity contribution in [2.75, 3.05) is 6.54 Å². The summed E-state index contributed by atoms with van der Waals surface area (Å²) in [6, 6.07) is 7.53. The molecule has 7 nitrogen and oxygen atoms in total. The van der Waals surface area contributed by atoms with Crippen LogP contribution in [0.4, 0.5) is 0 Å². The van der Waals surface area contributed by atoms with E-state index in [-0.39, 0.29) is 17.2 Å². The zero-order chi connectivity index (χ0) is 17.4. The number of carbonyl (C=O) groups excluding carboxylic acids is 2. The summed E-state index contributed by atoms with van der Waals surface area (Å²) < 4.78 is 6.60. The van der Waals surface area contributed by atoms with Crippen LogP contribution in [0.15, 0.2) is 52.0 Å². The quantitative estimate of drug-likeness (QED) is 0.710. The summed E-state index contributed by atoms with van der Waals surface area (Å²) in [7, 11) is 0. The normalized spacial score (nSPS) is 11.7. The summed E-state index contributed by atoms with van der Waals surface area (Å²) in [6.45, 7) is 2.71. The third kappa shape index (κ3) is 5.12. The molecule has 2 amide bonds. The molecule has 2 rings (SSSR count). The molecule has 2 aromatic heterocycles. The molecule has 0 saturated heterocycles. The van der Waals surface area contributed by atoms with Crippen molar-refractivity contribution in [1.82, 2.24) is 15.2 Å². The second-order valence-corrected chi connectivity index (χ2v) is 5.40. The Morgan fingerprint density at radius 2 is 2.04 bits per heavy atom. The Bertz CT molecular complexity index is 721. The van der Waals surface area contributed by atoms with Crippen molar-refractivity contribution in [2.45, 2.75) is 32.4 Å². The van der Waals surface area contributed by atoms with Gasteiger partial charge in [-0.2, -0.15) is 0 Å². The zero-order valence-electron chi connectivity index (χ0n) is 13.5. The summed E-state index contributed by atoms with van der Waals surface area (Å²) in [4.78, 5) is 35.2. The Morgan fingerprint density at radius 3 is 2.75 bits per heavy atom. The Hall–Kier alpha value is -2.83. The zero-order valence-corrected chi connectivity index (χ0v) is 13.5. The van der Waals surface area contributed by atoms with Crippen LogP contribution in [0.5, 0.6) is 0 Å². The number of furan rings is 1. The van der Waals surface area contributed by atoms with Crippen molar-refractivity contribution in [3.05, 3.63) is 58.9 Å². The lowest BCUT2D eigenvalue weighted by Crippen LogP contribution is -2.45. The van der Waals surface area contributed by atoms with Gasteiger partial charge in [-0.3, -0.25) is 14.4 Å². The summed E-state index contributed by atoms with van der Waals surface area (Å²) in [6.07, 6.45) is 4.66. The van der Waals surface area contributed by atoms with Crippen LogP contribution < -0.4 is 16.2 Å². The van der Waals surface area contributed by atoms with Crippen LogP contribution in [0.1, 0.15) is 30.3 Å². The molecule has 0 aliphatic rings. The fourth-order valence-corrected chi connectivity index (χ4v) is 2.16. The van der Waals surface area contributed by atoms with E-state index in [2.05, 4.69) is 10.6 Å². The number of pyridine rings is 1. The standard InChI is InChI=1S/C17H21N3O4/c1-13(19-17(23)14-7-6-12-24-14)16(22)18-9-3-5-11-20-10-4-2-8-15(20)21/h2,4,6-8,10,12-13H,3,5,9,11H2,1H3,(H,18,22)(H,19,23). The van der Waals surface area contributed by atoms with Gasteiger partial charge >= 0.3 is 0 Å². The number of carbonyl (C=O) groups is 2. The molecular formula is C17H21N3O4. The van der Waals surface area contributed by atoms with Crippen LogP contribution in [-0.4, -0.2) is 29.0 Å². The Kier molecular flexibility index (Phi) is 6.36. The van der Waals surface area contributed by atoms with E-state index in [1.165, 1.54) is 18.4 Å². The average Bonchev–Trinajstić information content (AvgIpc) is 3.10. The van der Waals surface area contributed by atoms with E-state index in [9.17, 15) is 14.4 Å². The van der Waals surface area contributed by atoms with Crippen LogP contribution >= 0.6 is 0 Å². The molecule has 0 aliphatic carbocycles. The molecule has 7 heteroatoms. The fourth-order valence-electron chi connectivity index (χ4n) is 2.16. The molecule has 0 aliphatic heterocycles. The van der Waals surface area contributed by atoms with Crippen molar-refractivity contribution in [3.8, 4) is 0 Å². The average molecular weight is 331 g/mol. The van der Waals surface area contributed by atoms with Crippen LogP contribution in [0.25, 0.3) is 0 Å². The Morgan fingerprint density at radius 1 is 1.21 bits per heavy atom. The number of rotatable bonds is 8. The van der Waals surface area contributed by atoms with Gasteiger partial charge in [0.05, 0.1) is 6.26 Å². The van der Waals surface area contributed by atoms with E-state index in [0.29, 0.717) is 13.1 Å². The number of unbranched alkanes of at least 4 members (excludes halogenated alkanes) is 1. The number of nitrogens with zero attached hydrogens (tertiary/aromatic N) is 1. The van der Waals surface area contributed by atoms with Crippen LogP contribution in [-0.2, 0) is 11.3 Å². The number of aromatic nitrogens is 1. The minimum absolute atomic E-state index is 0.0317. The molecule has 2 aromatic rings. The predicted molar refractivity (Wildman–Crippen MR) is 88.6 cm³/mol. The minimum atomic E-state index is -0.653.